The minimum atomic E-state index is 0.661. The summed E-state index contributed by atoms with van der Waals surface area (Å²) < 4.78 is 10.4. The number of piperidine rings is 1. The van der Waals surface area contributed by atoms with Gasteiger partial charge in [0.25, 0.3) is 0 Å². The number of aliphatic imine (C=N–C) groups is 1. The molecule has 6 nitrogen and oxygen atoms in total. The molecule has 0 amide bonds. The quantitative estimate of drug-likeness (QED) is 0.321. The summed E-state index contributed by atoms with van der Waals surface area (Å²) in [6.07, 6.45) is 4.78. The summed E-state index contributed by atoms with van der Waals surface area (Å²) in [6.45, 7) is 12.9. The summed E-state index contributed by atoms with van der Waals surface area (Å²) in [7, 11) is 1.69. The van der Waals surface area contributed by atoms with Crippen LogP contribution in [0.4, 0.5) is 0 Å². The first-order valence-corrected chi connectivity index (χ1v) is 9.61. The lowest BCUT2D eigenvalue weighted by Gasteiger charge is -2.31. The highest BCUT2D eigenvalue weighted by molar-refractivity contribution is 5.79. The van der Waals surface area contributed by atoms with Crippen LogP contribution in [0.1, 0.15) is 39.5 Å². The van der Waals surface area contributed by atoms with Gasteiger partial charge in [-0.1, -0.05) is 6.92 Å². The fraction of sp³-hybridized carbons (Fsp3) is 0.944. The lowest BCUT2D eigenvalue weighted by molar-refractivity contribution is 0.0698. The molecule has 2 N–H and O–H groups in total. The van der Waals surface area contributed by atoms with Gasteiger partial charge in [-0.15, -0.1) is 0 Å². The maximum Gasteiger partial charge on any atom is 0.191 e. The number of hydrogen-bond donors (Lipinski definition) is 2. The Kier molecular flexibility index (Phi) is 12.8. The number of nitrogens with one attached hydrogen (secondary N) is 2. The van der Waals surface area contributed by atoms with Crippen LogP contribution in [-0.2, 0) is 9.47 Å². The molecule has 1 saturated heterocycles. The molecule has 0 unspecified atom stereocenters. The maximum atomic E-state index is 5.47. The van der Waals surface area contributed by atoms with Crippen molar-refractivity contribution in [2.45, 2.75) is 39.5 Å². The molecule has 0 radical (unpaired) electrons. The van der Waals surface area contributed by atoms with Crippen molar-refractivity contribution in [3.63, 3.8) is 0 Å². The topological polar surface area (TPSA) is 58.1 Å². The zero-order chi connectivity index (χ0) is 17.5. The first-order valence-electron chi connectivity index (χ1n) is 9.61. The third-order valence-electron chi connectivity index (χ3n) is 4.29. The number of methoxy groups -OCH3 is 1. The molecule has 0 spiro atoms. The van der Waals surface area contributed by atoms with Crippen molar-refractivity contribution < 1.29 is 9.47 Å². The molecule has 0 bridgehead atoms. The molecule has 24 heavy (non-hydrogen) atoms. The van der Waals surface area contributed by atoms with E-state index in [0.717, 1.165) is 44.5 Å². The van der Waals surface area contributed by atoms with Crippen LogP contribution in [0.15, 0.2) is 4.99 Å². The Morgan fingerprint density at radius 1 is 1.12 bits per heavy atom. The molecule has 1 aliphatic heterocycles. The molecule has 0 saturated carbocycles. The number of hydrogen-bond acceptors (Lipinski definition) is 4. The Labute approximate surface area is 148 Å². The largest absolute Gasteiger partial charge is 0.382 e. The second-order valence-electron chi connectivity index (χ2n) is 6.39. The predicted octanol–water partition coefficient (Wildman–Crippen LogP) is 1.72. The second kappa shape index (κ2) is 14.5. The molecule has 1 fully saturated rings. The fourth-order valence-electron chi connectivity index (χ4n) is 2.90. The summed E-state index contributed by atoms with van der Waals surface area (Å²) in [5.74, 6) is 1.66. The predicted molar refractivity (Wildman–Crippen MR) is 101 cm³/mol. The van der Waals surface area contributed by atoms with E-state index in [2.05, 4.69) is 29.4 Å². The van der Waals surface area contributed by atoms with E-state index in [4.69, 9.17) is 14.5 Å². The van der Waals surface area contributed by atoms with Crippen molar-refractivity contribution in [2.24, 2.45) is 10.9 Å². The SMILES string of the molecule is CCCN1CCC(CN=C(NCC)NCCCOCCOC)CC1. The van der Waals surface area contributed by atoms with Crippen molar-refractivity contribution in [3.05, 3.63) is 0 Å². The summed E-state index contributed by atoms with van der Waals surface area (Å²) in [5, 5.41) is 6.73. The van der Waals surface area contributed by atoms with Crippen LogP contribution in [0.3, 0.4) is 0 Å². The van der Waals surface area contributed by atoms with Gasteiger partial charge >= 0.3 is 0 Å². The zero-order valence-corrected chi connectivity index (χ0v) is 16.0. The first-order chi connectivity index (χ1) is 11.8. The first kappa shape index (κ1) is 21.2. The summed E-state index contributed by atoms with van der Waals surface area (Å²) >= 11 is 0. The molecule has 142 valence electrons. The third kappa shape index (κ3) is 10.1. The molecule has 1 rings (SSSR count). The lowest BCUT2D eigenvalue weighted by Crippen LogP contribution is -2.39. The minimum Gasteiger partial charge on any atom is -0.382 e. The Bertz CT molecular complexity index is 318. The zero-order valence-electron chi connectivity index (χ0n) is 16.0. The fourth-order valence-corrected chi connectivity index (χ4v) is 2.90. The van der Waals surface area contributed by atoms with Crippen LogP contribution in [0.25, 0.3) is 0 Å². The molecular formula is C18H38N4O2. The average Bonchev–Trinajstić information content (AvgIpc) is 2.60. The van der Waals surface area contributed by atoms with E-state index in [0.29, 0.717) is 13.2 Å². The number of guanidine groups is 1. The van der Waals surface area contributed by atoms with Gasteiger partial charge in [-0.3, -0.25) is 4.99 Å². The van der Waals surface area contributed by atoms with E-state index in [1.54, 1.807) is 7.11 Å². The molecule has 0 aromatic carbocycles. The van der Waals surface area contributed by atoms with Gasteiger partial charge in [0.1, 0.15) is 0 Å². The molecule has 1 aliphatic rings. The van der Waals surface area contributed by atoms with Gasteiger partial charge in [0.05, 0.1) is 13.2 Å². The van der Waals surface area contributed by atoms with Crippen LogP contribution < -0.4 is 10.6 Å². The minimum absolute atomic E-state index is 0.661. The van der Waals surface area contributed by atoms with Gasteiger partial charge in [-0.05, 0) is 58.2 Å². The van der Waals surface area contributed by atoms with Gasteiger partial charge < -0.3 is 25.0 Å². The summed E-state index contributed by atoms with van der Waals surface area (Å²) in [5.41, 5.74) is 0. The van der Waals surface area contributed by atoms with Crippen molar-refractivity contribution in [1.82, 2.24) is 15.5 Å². The van der Waals surface area contributed by atoms with Gasteiger partial charge in [-0.2, -0.15) is 0 Å². The van der Waals surface area contributed by atoms with Crippen LogP contribution in [-0.4, -0.2) is 77.1 Å². The lowest BCUT2D eigenvalue weighted by atomic mass is 9.97. The van der Waals surface area contributed by atoms with Crippen molar-refractivity contribution >= 4 is 5.96 Å². The highest BCUT2D eigenvalue weighted by atomic mass is 16.5. The smallest absolute Gasteiger partial charge is 0.191 e. The van der Waals surface area contributed by atoms with Gasteiger partial charge in [0.2, 0.25) is 0 Å². The summed E-state index contributed by atoms with van der Waals surface area (Å²) in [6, 6.07) is 0. The second-order valence-corrected chi connectivity index (χ2v) is 6.39. The van der Waals surface area contributed by atoms with E-state index in [9.17, 15) is 0 Å². The van der Waals surface area contributed by atoms with E-state index in [-0.39, 0.29) is 0 Å². The molecular weight excluding hydrogens is 304 g/mol. The van der Waals surface area contributed by atoms with E-state index in [1.165, 1.54) is 38.9 Å². The maximum absolute atomic E-state index is 5.47. The Morgan fingerprint density at radius 3 is 2.58 bits per heavy atom. The number of nitrogens with zero attached hydrogens (tertiary/aromatic N) is 2. The highest BCUT2D eigenvalue weighted by Gasteiger charge is 2.18. The van der Waals surface area contributed by atoms with Gasteiger partial charge in [0.15, 0.2) is 5.96 Å². The van der Waals surface area contributed by atoms with Crippen LogP contribution in [0.2, 0.25) is 0 Å². The van der Waals surface area contributed by atoms with Crippen molar-refractivity contribution in [2.75, 3.05) is 66.2 Å². The molecule has 0 aromatic rings. The molecule has 1 heterocycles. The third-order valence-corrected chi connectivity index (χ3v) is 4.29. The Morgan fingerprint density at radius 2 is 1.92 bits per heavy atom. The van der Waals surface area contributed by atoms with Crippen LogP contribution in [0, 0.1) is 5.92 Å². The Balaban J connectivity index is 2.18. The number of rotatable bonds is 12. The monoisotopic (exact) mass is 342 g/mol. The van der Waals surface area contributed by atoms with Crippen LogP contribution in [0.5, 0.6) is 0 Å². The number of ether oxygens (including phenoxy) is 2. The standard InChI is InChI=1S/C18H38N4O2/c1-4-10-22-11-7-17(8-12-22)16-21-18(19-5-2)20-9-6-13-24-15-14-23-3/h17H,4-16H2,1-3H3,(H2,19,20,21). The van der Waals surface area contributed by atoms with Gasteiger partial charge in [-0.25, -0.2) is 0 Å². The van der Waals surface area contributed by atoms with Crippen molar-refractivity contribution in [3.8, 4) is 0 Å². The number of likely N-dealkylation sites (tertiary alicyclic amines) is 1. The highest BCUT2D eigenvalue weighted by Crippen LogP contribution is 2.17. The molecule has 0 aliphatic carbocycles. The molecule has 6 heteroatoms. The van der Waals surface area contributed by atoms with Crippen molar-refractivity contribution in [1.29, 1.82) is 0 Å². The van der Waals surface area contributed by atoms with Gasteiger partial charge in [0, 0.05) is 33.4 Å². The van der Waals surface area contributed by atoms with E-state index in [1.807, 2.05) is 0 Å². The molecule has 0 aromatic heterocycles. The van der Waals surface area contributed by atoms with E-state index >= 15 is 0 Å². The average molecular weight is 343 g/mol. The molecule has 0 atom stereocenters. The normalized spacial score (nSPS) is 17.2. The summed E-state index contributed by atoms with van der Waals surface area (Å²) in [4.78, 5) is 7.35. The Hall–Kier alpha value is -0.850. The van der Waals surface area contributed by atoms with E-state index < -0.39 is 0 Å². The van der Waals surface area contributed by atoms with Crippen LogP contribution >= 0.6 is 0 Å².